The molecule has 1 N–H and O–H groups in total. The molecule has 0 aromatic carbocycles. The molecule has 0 aliphatic carbocycles. The van der Waals surface area contributed by atoms with E-state index in [0.717, 1.165) is 9.28 Å². The maximum absolute atomic E-state index is 10.6. The number of nitriles is 1. The molecule has 0 fully saturated rings. The quantitative estimate of drug-likeness (QED) is 0.770. The number of carboxylic acid groups (broad SMARTS) is 1. The number of thiocarbonyl (C=S) groups is 1. The third kappa shape index (κ3) is 6.77. The average molecular weight is 263 g/mol. The Morgan fingerprint density at radius 1 is 1.67 bits per heavy atom. The summed E-state index contributed by atoms with van der Waals surface area (Å²) in [6.07, 6.45) is 0.334. The van der Waals surface area contributed by atoms with Crippen LogP contribution in [0.1, 0.15) is 20.3 Å². The number of rotatable bonds is 5. The van der Waals surface area contributed by atoms with E-state index in [1.807, 2.05) is 13.8 Å². The van der Waals surface area contributed by atoms with Crippen molar-refractivity contribution in [3.63, 3.8) is 0 Å². The van der Waals surface area contributed by atoms with Gasteiger partial charge in [0.15, 0.2) is 0 Å². The fourth-order valence-corrected chi connectivity index (χ4v) is 3.72. The van der Waals surface area contributed by atoms with Crippen molar-refractivity contribution in [1.82, 2.24) is 0 Å². The Morgan fingerprint density at radius 2 is 2.27 bits per heavy atom. The van der Waals surface area contributed by atoms with E-state index >= 15 is 0 Å². The van der Waals surface area contributed by atoms with Crippen LogP contribution in [0, 0.1) is 17.2 Å². The van der Waals surface area contributed by atoms with Crippen LogP contribution < -0.4 is 0 Å². The molecule has 15 heavy (non-hydrogen) atoms. The van der Waals surface area contributed by atoms with Gasteiger partial charge in [0.1, 0.15) is 9.45 Å². The van der Waals surface area contributed by atoms with Gasteiger partial charge < -0.3 is 5.11 Å². The van der Waals surface area contributed by atoms with Crippen LogP contribution in [0.2, 0.25) is 0 Å². The molecule has 2 unspecified atom stereocenters. The van der Waals surface area contributed by atoms with Gasteiger partial charge in [-0.05, 0) is 12.2 Å². The van der Waals surface area contributed by atoms with Crippen LogP contribution in [-0.4, -0.2) is 25.6 Å². The first-order chi connectivity index (χ1) is 7.01. The van der Waals surface area contributed by atoms with E-state index in [2.05, 4.69) is 0 Å². The average Bonchev–Trinajstić information content (AvgIpc) is 2.13. The SMILES string of the molecule is CCSC(=S)SC(C)CC(C#N)C(=O)O. The third-order valence-electron chi connectivity index (χ3n) is 1.58. The molecule has 0 aliphatic rings. The number of hydrogen-bond acceptors (Lipinski definition) is 5. The summed E-state index contributed by atoms with van der Waals surface area (Å²) in [5.41, 5.74) is 0. The molecule has 0 aliphatic heterocycles. The lowest BCUT2D eigenvalue weighted by molar-refractivity contribution is -0.139. The Hall–Kier alpha value is -0.250. The minimum absolute atomic E-state index is 0.0669. The van der Waals surface area contributed by atoms with Crippen molar-refractivity contribution in [2.75, 3.05) is 5.75 Å². The summed E-state index contributed by atoms with van der Waals surface area (Å²) in [4.78, 5) is 10.6. The topological polar surface area (TPSA) is 61.1 Å². The zero-order chi connectivity index (χ0) is 11.8. The lowest BCUT2D eigenvalue weighted by atomic mass is 10.1. The largest absolute Gasteiger partial charge is 0.480 e. The van der Waals surface area contributed by atoms with Crippen LogP contribution in [0.5, 0.6) is 0 Å². The second-order valence-electron chi connectivity index (χ2n) is 2.87. The van der Waals surface area contributed by atoms with E-state index < -0.39 is 11.9 Å². The predicted octanol–water partition coefficient (Wildman–Crippen LogP) is 2.76. The summed E-state index contributed by atoms with van der Waals surface area (Å²) in [6, 6.07) is 1.77. The maximum Gasteiger partial charge on any atom is 0.320 e. The molecule has 0 aromatic heterocycles. The van der Waals surface area contributed by atoms with Crippen molar-refractivity contribution < 1.29 is 9.90 Å². The van der Waals surface area contributed by atoms with Gasteiger partial charge in [0, 0.05) is 5.25 Å². The van der Waals surface area contributed by atoms with Gasteiger partial charge in [-0.3, -0.25) is 4.79 Å². The molecule has 6 heteroatoms. The lowest BCUT2D eigenvalue weighted by Gasteiger charge is -2.12. The van der Waals surface area contributed by atoms with Crippen LogP contribution in [0.4, 0.5) is 0 Å². The van der Waals surface area contributed by atoms with Gasteiger partial charge in [-0.25, -0.2) is 0 Å². The molecular formula is C9H13NO2S3. The Bertz CT molecular complexity index is 275. The molecule has 3 nitrogen and oxygen atoms in total. The van der Waals surface area contributed by atoms with Crippen LogP contribution in [0.25, 0.3) is 0 Å². The number of hydrogen-bond donors (Lipinski definition) is 1. The van der Waals surface area contributed by atoms with E-state index in [0.29, 0.717) is 6.42 Å². The molecule has 0 saturated carbocycles. The fourth-order valence-electron chi connectivity index (χ4n) is 0.905. The van der Waals surface area contributed by atoms with Crippen molar-refractivity contribution in [2.45, 2.75) is 25.5 Å². The van der Waals surface area contributed by atoms with E-state index in [1.54, 1.807) is 17.8 Å². The molecule has 2 atom stereocenters. The van der Waals surface area contributed by atoms with Crippen molar-refractivity contribution in [1.29, 1.82) is 5.26 Å². The number of thioether (sulfide) groups is 2. The van der Waals surface area contributed by atoms with Crippen molar-refractivity contribution in [3.8, 4) is 6.07 Å². The zero-order valence-corrected chi connectivity index (χ0v) is 11.0. The minimum atomic E-state index is -1.06. The highest BCUT2D eigenvalue weighted by Gasteiger charge is 2.20. The van der Waals surface area contributed by atoms with Gasteiger partial charge in [-0.1, -0.05) is 26.1 Å². The maximum atomic E-state index is 10.6. The highest BCUT2D eigenvalue weighted by Crippen LogP contribution is 2.25. The summed E-state index contributed by atoms with van der Waals surface area (Å²) in [5.74, 6) is -1.07. The highest BCUT2D eigenvalue weighted by atomic mass is 32.2. The molecule has 0 bridgehead atoms. The second kappa shape index (κ2) is 7.97. The summed E-state index contributed by atoms with van der Waals surface area (Å²) < 4.78 is 0.812. The summed E-state index contributed by atoms with van der Waals surface area (Å²) >= 11 is 8.11. The van der Waals surface area contributed by atoms with Gasteiger partial charge in [0.2, 0.25) is 0 Å². The molecule has 0 heterocycles. The Morgan fingerprint density at radius 3 is 2.67 bits per heavy atom. The van der Waals surface area contributed by atoms with E-state index in [1.165, 1.54) is 11.8 Å². The van der Waals surface area contributed by atoms with E-state index in [4.69, 9.17) is 22.6 Å². The molecule has 0 amide bonds. The zero-order valence-electron chi connectivity index (χ0n) is 8.60. The Kier molecular flexibility index (Phi) is 7.83. The number of nitrogens with zero attached hydrogens (tertiary/aromatic N) is 1. The van der Waals surface area contributed by atoms with E-state index in [9.17, 15) is 4.79 Å². The first-order valence-corrected chi connectivity index (χ1v) is 6.74. The first kappa shape index (κ1) is 14.8. The molecule has 0 rings (SSSR count). The Balaban J connectivity index is 4.02. The summed E-state index contributed by atoms with van der Waals surface area (Å²) in [7, 11) is 0. The van der Waals surface area contributed by atoms with Gasteiger partial charge >= 0.3 is 5.97 Å². The fraction of sp³-hybridized carbons (Fsp3) is 0.667. The minimum Gasteiger partial charge on any atom is -0.480 e. The summed E-state index contributed by atoms with van der Waals surface area (Å²) in [5, 5.41) is 17.4. The molecule has 84 valence electrons. The highest BCUT2D eigenvalue weighted by molar-refractivity contribution is 8.47. The van der Waals surface area contributed by atoms with Gasteiger partial charge in [-0.15, -0.1) is 23.5 Å². The molecule has 0 spiro atoms. The standard InChI is InChI=1S/C9H13NO2S3/c1-3-14-9(13)15-6(2)4-7(5-10)8(11)12/h6-7H,3-4H2,1-2H3,(H,11,12). The smallest absolute Gasteiger partial charge is 0.320 e. The number of carbonyl (C=O) groups is 1. The van der Waals surface area contributed by atoms with Gasteiger partial charge in [0.05, 0.1) is 6.07 Å². The van der Waals surface area contributed by atoms with E-state index in [-0.39, 0.29) is 5.25 Å². The van der Waals surface area contributed by atoms with Crippen molar-refractivity contribution >= 4 is 45.2 Å². The van der Waals surface area contributed by atoms with Crippen LogP contribution >= 0.6 is 35.7 Å². The number of carboxylic acids is 1. The molecule has 0 saturated heterocycles. The predicted molar refractivity (Wildman–Crippen MR) is 69.1 cm³/mol. The second-order valence-corrected chi connectivity index (χ2v) is 6.77. The molecule has 0 aromatic rings. The van der Waals surface area contributed by atoms with Crippen LogP contribution in [-0.2, 0) is 4.79 Å². The van der Waals surface area contributed by atoms with Crippen molar-refractivity contribution in [2.24, 2.45) is 5.92 Å². The first-order valence-electron chi connectivity index (χ1n) is 4.47. The number of aliphatic carboxylic acids is 1. The molecule has 0 radical (unpaired) electrons. The third-order valence-corrected chi connectivity index (χ3v) is 4.18. The normalized spacial score (nSPS) is 13.9. The van der Waals surface area contributed by atoms with Gasteiger partial charge in [-0.2, -0.15) is 5.26 Å². The molecular weight excluding hydrogens is 250 g/mol. The summed E-state index contributed by atoms with van der Waals surface area (Å²) in [6.45, 7) is 3.90. The van der Waals surface area contributed by atoms with Crippen molar-refractivity contribution in [3.05, 3.63) is 0 Å². The lowest BCUT2D eigenvalue weighted by Crippen LogP contribution is -2.16. The Labute approximate surface area is 104 Å². The van der Waals surface area contributed by atoms with Crippen LogP contribution in [0.3, 0.4) is 0 Å². The van der Waals surface area contributed by atoms with Crippen LogP contribution in [0.15, 0.2) is 0 Å². The monoisotopic (exact) mass is 263 g/mol. The van der Waals surface area contributed by atoms with Gasteiger partial charge in [0.25, 0.3) is 0 Å².